The summed E-state index contributed by atoms with van der Waals surface area (Å²) in [5.41, 5.74) is 0.945. The summed E-state index contributed by atoms with van der Waals surface area (Å²) in [6, 6.07) is 5.69. The molecule has 0 radical (unpaired) electrons. The number of likely N-dealkylation sites (tertiary alicyclic amines) is 1. The highest BCUT2D eigenvalue weighted by Crippen LogP contribution is 2.17. The van der Waals surface area contributed by atoms with Gasteiger partial charge in [-0.05, 0) is 31.0 Å². The summed E-state index contributed by atoms with van der Waals surface area (Å²) in [6.45, 7) is 3.47. The molecule has 4 nitrogen and oxygen atoms in total. The van der Waals surface area contributed by atoms with Crippen LogP contribution in [0.4, 0.5) is 13.6 Å². The molecule has 1 aliphatic heterocycles. The minimum atomic E-state index is -1.14. The van der Waals surface area contributed by atoms with Crippen molar-refractivity contribution in [2.24, 2.45) is 0 Å². The van der Waals surface area contributed by atoms with Gasteiger partial charge < -0.3 is 10.1 Å². The van der Waals surface area contributed by atoms with Crippen molar-refractivity contribution in [2.45, 2.75) is 32.1 Å². The van der Waals surface area contributed by atoms with Crippen molar-refractivity contribution in [2.75, 3.05) is 19.7 Å². The summed E-state index contributed by atoms with van der Waals surface area (Å²) in [7, 11) is 0. The summed E-state index contributed by atoms with van der Waals surface area (Å²) in [4.78, 5) is 13.3. The molecule has 1 fully saturated rings. The Morgan fingerprint density at radius 3 is 2.76 bits per heavy atom. The first-order valence-electron chi connectivity index (χ1n) is 7.12. The number of amides is 1. The van der Waals surface area contributed by atoms with Crippen LogP contribution in [0.25, 0.3) is 0 Å². The zero-order chi connectivity index (χ0) is 15.2. The number of carbonyl (C=O) groups is 1. The van der Waals surface area contributed by atoms with E-state index in [0.29, 0.717) is 19.5 Å². The van der Waals surface area contributed by atoms with Gasteiger partial charge in [0.2, 0.25) is 0 Å². The second kappa shape index (κ2) is 7.36. The Bertz CT molecular complexity index is 467. The van der Waals surface area contributed by atoms with Crippen LogP contribution in [-0.2, 0) is 11.3 Å². The van der Waals surface area contributed by atoms with E-state index in [-0.39, 0.29) is 19.0 Å². The van der Waals surface area contributed by atoms with Gasteiger partial charge in [-0.1, -0.05) is 12.1 Å². The fourth-order valence-corrected chi connectivity index (χ4v) is 2.45. The highest BCUT2D eigenvalue weighted by molar-refractivity contribution is 5.67. The molecule has 2 atom stereocenters. The predicted molar refractivity (Wildman–Crippen MR) is 75.1 cm³/mol. The monoisotopic (exact) mass is 298 g/mol. The molecule has 0 aliphatic carbocycles. The van der Waals surface area contributed by atoms with Gasteiger partial charge in [0.05, 0.1) is 12.6 Å². The van der Waals surface area contributed by atoms with E-state index in [4.69, 9.17) is 4.74 Å². The first-order chi connectivity index (χ1) is 10.1. The van der Waals surface area contributed by atoms with E-state index >= 15 is 0 Å². The Kier molecular flexibility index (Phi) is 5.50. The number of nitrogens with zero attached hydrogens (tertiary/aromatic N) is 1. The van der Waals surface area contributed by atoms with Crippen LogP contribution in [0.1, 0.15) is 18.9 Å². The minimum Gasteiger partial charge on any atom is -0.450 e. The van der Waals surface area contributed by atoms with E-state index in [2.05, 4.69) is 5.32 Å². The van der Waals surface area contributed by atoms with Gasteiger partial charge in [0.15, 0.2) is 0 Å². The maximum Gasteiger partial charge on any atom is 0.407 e. The molecule has 0 spiro atoms. The average Bonchev–Trinajstić information content (AvgIpc) is 2.45. The normalized spacial score (nSPS) is 22.8. The smallest absolute Gasteiger partial charge is 0.407 e. The molecule has 1 aliphatic rings. The molecular weight excluding hydrogens is 278 g/mol. The second-order valence-corrected chi connectivity index (χ2v) is 5.14. The van der Waals surface area contributed by atoms with E-state index in [9.17, 15) is 13.6 Å². The Morgan fingerprint density at radius 1 is 1.43 bits per heavy atom. The lowest BCUT2D eigenvalue weighted by atomic mass is 10.0. The summed E-state index contributed by atoms with van der Waals surface area (Å²) < 4.78 is 31.7. The number of hydrogen-bond donors (Lipinski definition) is 1. The first-order valence-corrected chi connectivity index (χ1v) is 7.12. The molecule has 0 unspecified atom stereocenters. The summed E-state index contributed by atoms with van der Waals surface area (Å²) in [5.74, 6) is -0.278. The molecule has 1 saturated heterocycles. The maximum absolute atomic E-state index is 14.1. The highest BCUT2D eigenvalue weighted by atomic mass is 19.1. The van der Waals surface area contributed by atoms with Gasteiger partial charge in [-0.25, -0.2) is 13.6 Å². The molecule has 116 valence electrons. The van der Waals surface area contributed by atoms with Crippen molar-refractivity contribution in [3.63, 3.8) is 0 Å². The molecule has 2 rings (SSSR count). The third-order valence-electron chi connectivity index (χ3n) is 3.52. The Balaban J connectivity index is 1.82. The summed E-state index contributed by atoms with van der Waals surface area (Å²) in [6.07, 6.45) is -1.18. The van der Waals surface area contributed by atoms with Crippen LogP contribution in [-0.4, -0.2) is 42.9 Å². The van der Waals surface area contributed by atoms with Crippen molar-refractivity contribution in [3.05, 3.63) is 35.6 Å². The quantitative estimate of drug-likeness (QED) is 0.928. The van der Waals surface area contributed by atoms with Crippen molar-refractivity contribution < 1.29 is 18.3 Å². The summed E-state index contributed by atoms with van der Waals surface area (Å²) in [5, 5.41) is 2.55. The number of alkyl halides is 1. The SMILES string of the molecule is CCOC(=O)N[C@@H]1CCN(Cc2ccc(F)cc2)C[C@@H]1F. The lowest BCUT2D eigenvalue weighted by molar-refractivity contribution is 0.0881. The van der Waals surface area contributed by atoms with E-state index in [1.807, 2.05) is 4.90 Å². The standard InChI is InChI=1S/C15H20F2N2O2/c1-2-21-15(20)18-14-7-8-19(10-13(14)17)9-11-3-5-12(16)6-4-11/h3-6,13-14H,2,7-10H2,1H3,(H,18,20)/t13-,14+/m0/s1. The summed E-state index contributed by atoms with van der Waals surface area (Å²) >= 11 is 0. The Labute approximate surface area is 123 Å². The number of benzene rings is 1. The molecule has 1 aromatic carbocycles. The molecular formula is C15H20F2N2O2. The van der Waals surface area contributed by atoms with Gasteiger partial charge in [-0.2, -0.15) is 0 Å². The van der Waals surface area contributed by atoms with Crippen LogP contribution in [0.2, 0.25) is 0 Å². The number of nitrogens with one attached hydrogen (secondary N) is 1. The number of piperidine rings is 1. The lowest BCUT2D eigenvalue weighted by Crippen LogP contribution is -2.52. The lowest BCUT2D eigenvalue weighted by Gasteiger charge is -2.34. The number of hydrogen-bond acceptors (Lipinski definition) is 3. The van der Waals surface area contributed by atoms with E-state index in [0.717, 1.165) is 5.56 Å². The maximum atomic E-state index is 14.1. The third kappa shape index (κ3) is 4.67. The van der Waals surface area contributed by atoms with Gasteiger partial charge in [-0.15, -0.1) is 0 Å². The van der Waals surface area contributed by atoms with Crippen LogP contribution < -0.4 is 5.32 Å². The van der Waals surface area contributed by atoms with Gasteiger partial charge in [0.25, 0.3) is 0 Å². The third-order valence-corrected chi connectivity index (χ3v) is 3.52. The zero-order valence-electron chi connectivity index (χ0n) is 12.0. The molecule has 21 heavy (non-hydrogen) atoms. The number of alkyl carbamates (subject to hydrolysis) is 1. The van der Waals surface area contributed by atoms with Crippen LogP contribution in [0, 0.1) is 5.82 Å². The van der Waals surface area contributed by atoms with Crippen molar-refractivity contribution in [1.29, 1.82) is 0 Å². The number of ether oxygens (including phenoxy) is 1. The molecule has 0 bridgehead atoms. The molecule has 1 amide bonds. The van der Waals surface area contributed by atoms with E-state index in [1.165, 1.54) is 12.1 Å². The Hall–Kier alpha value is -1.69. The van der Waals surface area contributed by atoms with Crippen LogP contribution in [0.15, 0.2) is 24.3 Å². The van der Waals surface area contributed by atoms with Crippen molar-refractivity contribution in [3.8, 4) is 0 Å². The second-order valence-electron chi connectivity index (χ2n) is 5.14. The molecule has 0 saturated carbocycles. The predicted octanol–water partition coefficient (Wildman–Crippen LogP) is 2.48. The molecule has 1 aromatic rings. The van der Waals surface area contributed by atoms with E-state index < -0.39 is 18.3 Å². The topological polar surface area (TPSA) is 41.6 Å². The van der Waals surface area contributed by atoms with Gasteiger partial charge >= 0.3 is 6.09 Å². The number of halogens is 2. The number of carbonyl (C=O) groups excluding carboxylic acids is 1. The number of rotatable bonds is 4. The van der Waals surface area contributed by atoms with Gasteiger partial charge in [-0.3, -0.25) is 4.90 Å². The van der Waals surface area contributed by atoms with Gasteiger partial charge in [0.1, 0.15) is 12.0 Å². The fourth-order valence-electron chi connectivity index (χ4n) is 2.45. The van der Waals surface area contributed by atoms with Crippen molar-refractivity contribution in [1.82, 2.24) is 10.2 Å². The van der Waals surface area contributed by atoms with Crippen LogP contribution in [0.5, 0.6) is 0 Å². The Morgan fingerprint density at radius 2 is 2.14 bits per heavy atom. The van der Waals surface area contributed by atoms with Gasteiger partial charge in [0, 0.05) is 19.6 Å². The van der Waals surface area contributed by atoms with E-state index in [1.54, 1.807) is 19.1 Å². The fraction of sp³-hybridized carbons (Fsp3) is 0.533. The molecule has 1 N–H and O–H groups in total. The van der Waals surface area contributed by atoms with Crippen molar-refractivity contribution >= 4 is 6.09 Å². The average molecular weight is 298 g/mol. The van der Waals surface area contributed by atoms with Crippen LogP contribution >= 0.6 is 0 Å². The molecule has 0 aromatic heterocycles. The molecule has 1 heterocycles. The highest BCUT2D eigenvalue weighted by Gasteiger charge is 2.30. The van der Waals surface area contributed by atoms with Crippen LogP contribution in [0.3, 0.4) is 0 Å². The first kappa shape index (κ1) is 15.7. The largest absolute Gasteiger partial charge is 0.450 e. The molecule has 6 heteroatoms. The zero-order valence-corrected chi connectivity index (χ0v) is 12.0. The minimum absolute atomic E-state index is 0.244.